The molecule has 4 heteroatoms. The van der Waals surface area contributed by atoms with Crippen LogP contribution in [0, 0.1) is 11.6 Å². The lowest BCUT2D eigenvalue weighted by molar-refractivity contribution is 0.100. The average molecular weight is 233 g/mol. The number of rotatable bonds is 2. The second-order valence-electron chi connectivity index (χ2n) is 3.51. The molecule has 2 nitrogen and oxygen atoms in total. The highest BCUT2D eigenvalue weighted by atomic mass is 19.2. The van der Waals surface area contributed by atoms with E-state index in [1.165, 1.54) is 24.3 Å². The van der Waals surface area contributed by atoms with E-state index in [-0.39, 0.29) is 16.7 Å². The lowest BCUT2D eigenvalue weighted by Crippen LogP contribution is -2.12. The van der Waals surface area contributed by atoms with E-state index in [4.69, 9.17) is 5.73 Å². The van der Waals surface area contributed by atoms with E-state index in [2.05, 4.69) is 0 Å². The molecule has 2 rings (SSSR count). The Kier molecular flexibility index (Phi) is 2.87. The van der Waals surface area contributed by atoms with Gasteiger partial charge in [0, 0.05) is 11.1 Å². The molecule has 0 spiro atoms. The Bertz CT molecular complexity index is 581. The van der Waals surface area contributed by atoms with E-state index in [0.717, 1.165) is 6.07 Å². The van der Waals surface area contributed by atoms with Crippen molar-refractivity contribution in [3.8, 4) is 11.1 Å². The van der Waals surface area contributed by atoms with Crippen LogP contribution in [0.5, 0.6) is 0 Å². The molecule has 17 heavy (non-hydrogen) atoms. The van der Waals surface area contributed by atoms with E-state index >= 15 is 0 Å². The van der Waals surface area contributed by atoms with Crippen molar-refractivity contribution in [1.29, 1.82) is 0 Å². The summed E-state index contributed by atoms with van der Waals surface area (Å²) in [5, 5.41) is 0. The summed E-state index contributed by atoms with van der Waals surface area (Å²) in [7, 11) is 0. The van der Waals surface area contributed by atoms with Crippen LogP contribution < -0.4 is 5.73 Å². The van der Waals surface area contributed by atoms with Gasteiger partial charge in [-0.2, -0.15) is 0 Å². The van der Waals surface area contributed by atoms with Crippen molar-refractivity contribution in [3.63, 3.8) is 0 Å². The van der Waals surface area contributed by atoms with Gasteiger partial charge < -0.3 is 5.73 Å². The van der Waals surface area contributed by atoms with Crippen molar-refractivity contribution in [1.82, 2.24) is 0 Å². The first-order valence-corrected chi connectivity index (χ1v) is 4.94. The number of benzene rings is 2. The Balaban J connectivity index is 2.69. The molecule has 0 fully saturated rings. The van der Waals surface area contributed by atoms with E-state index < -0.39 is 17.5 Å². The summed E-state index contributed by atoms with van der Waals surface area (Å²) < 4.78 is 26.7. The summed E-state index contributed by atoms with van der Waals surface area (Å²) in [5.74, 6) is -2.62. The van der Waals surface area contributed by atoms with Gasteiger partial charge in [-0.15, -0.1) is 0 Å². The smallest absolute Gasteiger partial charge is 0.249 e. The van der Waals surface area contributed by atoms with Gasteiger partial charge in [-0.1, -0.05) is 30.3 Å². The minimum atomic E-state index is -0.985. The van der Waals surface area contributed by atoms with E-state index in [0.29, 0.717) is 0 Å². The molecule has 0 aliphatic heterocycles. The van der Waals surface area contributed by atoms with Gasteiger partial charge in [-0.05, 0) is 17.7 Å². The highest BCUT2D eigenvalue weighted by Crippen LogP contribution is 2.27. The van der Waals surface area contributed by atoms with Crippen LogP contribution in [0.4, 0.5) is 8.78 Å². The summed E-state index contributed by atoms with van der Waals surface area (Å²) in [6, 6.07) is 10.0. The van der Waals surface area contributed by atoms with Crippen LogP contribution >= 0.6 is 0 Å². The molecule has 2 aromatic carbocycles. The monoisotopic (exact) mass is 233 g/mol. The molecular formula is C13H9F2NO. The predicted molar refractivity (Wildman–Crippen MR) is 60.3 cm³/mol. The molecule has 0 aliphatic carbocycles. The fourth-order valence-electron chi connectivity index (χ4n) is 1.64. The summed E-state index contributed by atoms with van der Waals surface area (Å²) in [6.07, 6.45) is 0. The molecule has 0 saturated carbocycles. The second kappa shape index (κ2) is 4.33. The standard InChI is InChI=1S/C13H9F2NO/c14-11-7-3-6-9(12(11)15)8-4-1-2-5-10(8)13(16)17/h1-7H,(H2,16,17). The van der Waals surface area contributed by atoms with Crippen LogP contribution in [0.1, 0.15) is 10.4 Å². The van der Waals surface area contributed by atoms with Crippen molar-refractivity contribution < 1.29 is 13.6 Å². The fraction of sp³-hybridized carbons (Fsp3) is 0. The molecule has 0 bridgehead atoms. The number of hydrogen-bond acceptors (Lipinski definition) is 1. The minimum Gasteiger partial charge on any atom is -0.366 e. The molecule has 0 unspecified atom stereocenters. The Morgan fingerprint density at radius 3 is 2.29 bits per heavy atom. The lowest BCUT2D eigenvalue weighted by atomic mass is 9.99. The molecule has 1 amide bonds. The maximum atomic E-state index is 13.6. The molecule has 0 radical (unpaired) electrons. The van der Waals surface area contributed by atoms with E-state index in [1.807, 2.05) is 0 Å². The van der Waals surface area contributed by atoms with Gasteiger partial charge in [-0.25, -0.2) is 8.78 Å². The van der Waals surface area contributed by atoms with E-state index in [1.54, 1.807) is 12.1 Å². The third-order valence-corrected chi connectivity index (χ3v) is 2.43. The molecule has 2 aromatic rings. The molecule has 0 saturated heterocycles. The number of primary amides is 1. The van der Waals surface area contributed by atoms with Crippen LogP contribution in [0.25, 0.3) is 11.1 Å². The van der Waals surface area contributed by atoms with Gasteiger partial charge in [0.25, 0.3) is 0 Å². The maximum Gasteiger partial charge on any atom is 0.249 e. The first-order chi connectivity index (χ1) is 8.11. The van der Waals surface area contributed by atoms with Crippen molar-refractivity contribution >= 4 is 5.91 Å². The van der Waals surface area contributed by atoms with Gasteiger partial charge in [0.05, 0.1) is 0 Å². The first-order valence-electron chi connectivity index (χ1n) is 4.94. The molecule has 2 N–H and O–H groups in total. The second-order valence-corrected chi connectivity index (χ2v) is 3.51. The summed E-state index contributed by atoms with van der Waals surface area (Å²) in [5.41, 5.74) is 5.66. The zero-order valence-corrected chi connectivity index (χ0v) is 8.78. The number of carbonyl (C=O) groups excluding carboxylic acids is 1. The Morgan fingerprint density at radius 1 is 0.941 bits per heavy atom. The maximum absolute atomic E-state index is 13.6. The number of carbonyl (C=O) groups is 1. The zero-order valence-electron chi connectivity index (χ0n) is 8.78. The van der Waals surface area contributed by atoms with Gasteiger partial charge in [0.15, 0.2) is 11.6 Å². The molecule has 0 aromatic heterocycles. The SMILES string of the molecule is NC(=O)c1ccccc1-c1cccc(F)c1F. The Hall–Kier alpha value is -2.23. The molecule has 86 valence electrons. The molecule has 0 atom stereocenters. The van der Waals surface area contributed by atoms with Crippen molar-refractivity contribution in [2.45, 2.75) is 0 Å². The topological polar surface area (TPSA) is 43.1 Å². The van der Waals surface area contributed by atoms with Crippen molar-refractivity contribution in [2.75, 3.05) is 0 Å². The van der Waals surface area contributed by atoms with E-state index in [9.17, 15) is 13.6 Å². The molecule has 0 heterocycles. The van der Waals surface area contributed by atoms with Crippen LogP contribution in [0.15, 0.2) is 42.5 Å². The quantitative estimate of drug-likeness (QED) is 0.851. The summed E-state index contributed by atoms with van der Waals surface area (Å²) >= 11 is 0. The third-order valence-electron chi connectivity index (χ3n) is 2.43. The average Bonchev–Trinajstić information content (AvgIpc) is 2.33. The number of halogens is 2. The predicted octanol–water partition coefficient (Wildman–Crippen LogP) is 2.73. The molecular weight excluding hydrogens is 224 g/mol. The van der Waals surface area contributed by atoms with Crippen LogP contribution in [0.2, 0.25) is 0 Å². The lowest BCUT2D eigenvalue weighted by Gasteiger charge is -2.08. The largest absolute Gasteiger partial charge is 0.366 e. The van der Waals surface area contributed by atoms with Crippen molar-refractivity contribution in [3.05, 3.63) is 59.7 Å². The minimum absolute atomic E-state index is 0.0272. The first kappa shape index (κ1) is 11.3. The van der Waals surface area contributed by atoms with Gasteiger partial charge >= 0.3 is 0 Å². The summed E-state index contributed by atoms with van der Waals surface area (Å²) in [6.45, 7) is 0. The van der Waals surface area contributed by atoms with Gasteiger partial charge in [-0.3, -0.25) is 4.79 Å². The third kappa shape index (κ3) is 2.01. The zero-order chi connectivity index (χ0) is 12.4. The Labute approximate surface area is 96.7 Å². The van der Waals surface area contributed by atoms with Crippen molar-refractivity contribution in [2.24, 2.45) is 5.73 Å². The van der Waals surface area contributed by atoms with Crippen LogP contribution in [-0.4, -0.2) is 5.91 Å². The Morgan fingerprint density at radius 2 is 1.59 bits per heavy atom. The highest BCUT2D eigenvalue weighted by molar-refractivity contribution is 5.99. The fourth-order valence-corrected chi connectivity index (χ4v) is 1.64. The highest BCUT2D eigenvalue weighted by Gasteiger charge is 2.14. The number of nitrogens with two attached hydrogens (primary N) is 1. The van der Waals surface area contributed by atoms with Crippen LogP contribution in [-0.2, 0) is 0 Å². The van der Waals surface area contributed by atoms with Crippen LogP contribution in [0.3, 0.4) is 0 Å². The molecule has 0 aliphatic rings. The summed E-state index contributed by atoms with van der Waals surface area (Å²) in [4.78, 5) is 11.2. The van der Waals surface area contributed by atoms with Gasteiger partial charge in [0.1, 0.15) is 0 Å². The normalized spacial score (nSPS) is 10.2. The van der Waals surface area contributed by atoms with Gasteiger partial charge in [0.2, 0.25) is 5.91 Å². The number of amides is 1. The number of hydrogen-bond donors (Lipinski definition) is 1.